The highest BCUT2D eigenvalue weighted by Crippen LogP contribution is 2.46. The second-order valence-electron chi connectivity index (χ2n) is 6.10. The topological polar surface area (TPSA) is 37.3 Å². The lowest BCUT2D eigenvalue weighted by Gasteiger charge is -2.16. The Morgan fingerprint density at radius 3 is 2.26 bits per heavy atom. The summed E-state index contributed by atoms with van der Waals surface area (Å²) in [6.45, 7) is 6.60. The van der Waals surface area contributed by atoms with E-state index in [2.05, 4.69) is 45.0 Å². The maximum absolute atomic E-state index is 10.9. The molecule has 3 unspecified atom stereocenters. The normalized spacial score (nSPS) is 23.4. The second kappa shape index (κ2) is 5.77. The van der Waals surface area contributed by atoms with Gasteiger partial charge in [0.25, 0.3) is 0 Å². The predicted molar refractivity (Wildman–Crippen MR) is 77.4 cm³/mol. The maximum atomic E-state index is 10.9. The number of hydrogen-bond acceptors (Lipinski definition) is 1. The summed E-state index contributed by atoms with van der Waals surface area (Å²) in [6.07, 6.45) is 2.98. The summed E-state index contributed by atoms with van der Waals surface area (Å²) in [4.78, 5) is 10.9. The molecule has 2 rings (SSSR count). The minimum atomic E-state index is -0.616. The van der Waals surface area contributed by atoms with Gasteiger partial charge >= 0.3 is 5.97 Å². The fourth-order valence-corrected chi connectivity index (χ4v) is 2.87. The van der Waals surface area contributed by atoms with E-state index in [4.69, 9.17) is 5.11 Å². The molecule has 1 N–H and O–H groups in total. The summed E-state index contributed by atoms with van der Waals surface area (Å²) >= 11 is 0. The van der Waals surface area contributed by atoms with Crippen molar-refractivity contribution in [3.63, 3.8) is 0 Å². The number of aliphatic carboxylic acids is 1. The molecule has 1 fully saturated rings. The van der Waals surface area contributed by atoms with Crippen LogP contribution in [0.5, 0.6) is 0 Å². The molecular formula is C17H24O2. The minimum absolute atomic E-state index is 0.0796. The van der Waals surface area contributed by atoms with Crippen molar-refractivity contribution in [2.24, 2.45) is 11.8 Å². The van der Waals surface area contributed by atoms with Crippen LogP contribution >= 0.6 is 0 Å². The third kappa shape index (κ3) is 3.37. The SMILES string of the molecule is CCC(CC1CC1C(=O)O)c1ccc(C(C)C)cc1. The van der Waals surface area contributed by atoms with Crippen molar-refractivity contribution in [1.82, 2.24) is 0 Å². The molecule has 1 aromatic rings. The Kier molecular flexibility index (Phi) is 4.28. The maximum Gasteiger partial charge on any atom is 0.306 e. The van der Waals surface area contributed by atoms with Crippen LogP contribution in [0.15, 0.2) is 24.3 Å². The summed E-state index contributed by atoms with van der Waals surface area (Å²) < 4.78 is 0. The van der Waals surface area contributed by atoms with Crippen LogP contribution in [0.4, 0.5) is 0 Å². The van der Waals surface area contributed by atoms with Gasteiger partial charge in [0.2, 0.25) is 0 Å². The largest absolute Gasteiger partial charge is 0.481 e. The van der Waals surface area contributed by atoms with Gasteiger partial charge in [0, 0.05) is 0 Å². The highest BCUT2D eigenvalue weighted by molar-refractivity contribution is 5.73. The van der Waals surface area contributed by atoms with Gasteiger partial charge in [-0.1, -0.05) is 45.0 Å². The Bertz CT molecular complexity index is 433. The average Bonchev–Trinajstić information content (AvgIpc) is 3.15. The zero-order chi connectivity index (χ0) is 14.0. The predicted octanol–water partition coefficient (Wildman–Crippen LogP) is 4.41. The van der Waals surface area contributed by atoms with Crippen LogP contribution in [0, 0.1) is 11.8 Å². The van der Waals surface area contributed by atoms with Crippen LogP contribution < -0.4 is 0 Å². The molecule has 1 aliphatic rings. The first-order valence-electron chi connectivity index (χ1n) is 7.35. The number of benzene rings is 1. The number of rotatable bonds is 6. The van der Waals surface area contributed by atoms with E-state index in [0.717, 1.165) is 19.3 Å². The van der Waals surface area contributed by atoms with E-state index in [1.54, 1.807) is 0 Å². The molecule has 1 aliphatic carbocycles. The molecule has 104 valence electrons. The van der Waals surface area contributed by atoms with E-state index in [1.165, 1.54) is 11.1 Å². The lowest BCUT2D eigenvalue weighted by Crippen LogP contribution is -2.04. The molecule has 2 heteroatoms. The second-order valence-corrected chi connectivity index (χ2v) is 6.10. The Balaban J connectivity index is 2.00. The Labute approximate surface area is 115 Å². The zero-order valence-electron chi connectivity index (χ0n) is 12.1. The molecule has 0 amide bonds. The fraction of sp³-hybridized carbons (Fsp3) is 0.588. The fourth-order valence-electron chi connectivity index (χ4n) is 2.87. The van der Waals surface area contributed by atoms with E-state index in [9.17, 15) is 4.79 Å². The molecule has 19 heavy (non-hydrogen) atoms. The van der Waals surface area contributed by atoms with Crippen LogP contribution in [-0.4, -0.2) is 11.1 Å². The molecule has 0 aliphatic heterocycles. The summed E-state index contributed by atoms with van der Waals surface area (Å²) in [5, 5.41) is 8.98. The molecule has 0 saturated heterocycles. The molecule has 1 saturated carbocycles. The van der Waals surface area contributed by atoms with E-state index < -0.39 is 5.97 Å². The molecule has 0 spiro atoms. The molecule has 1 aromatic carbocycles. The summed E-state index contributed by atoms with van der Waals surface area (Å²) in [6, 6.07) is 8.87. The van der Waals surface area contributed by atoms with Crippen molar-refractivity contribution < 1.29 is 9.90 Å². The van der Waals surface area contributed by atoms with Crippen LogP contribution in [0.1, 0.15) is 63.0 Å². The Hall–Kier alpha value is -1.31. The van der Waals surface area contributed by atoms with Crippen molar-refractivity contribution >= 4 is 5.97 Å². The minimum Gasteiger partial charge on any atom is -0.481 e. The van der Waals surface area contributed by atoms with E-state index in [1.807, 2.05) is 0 Å². The molecule has 0 aromatic heterocycles. The van der Waals surface area contributed by atoms with Gasteiger partial charge in [-0.05, 0) is 48.1 Å². The zero-order valence-corrected chi connectivity index (χ0v) is 12.1. The summed E-state index contributed by atoms with van der Waals surface area (Å²) in [5.74, 6) is 0.774. The highest BCUT2D eigenvalue weighted by Gasteiger charge is 2.43. The highest BCUT2D eigenvalue weighted by atomic mass is 16.4. The van der Waals surface area contributed by atoms with Crippen LogP contribution in [0.2, 0.25) is 0 Å². The smallest absolute Gasteiger partial charge is 0.306 e. The molecule has 0 heterocycles. The van der Waals surface area contributed by atoms with Crippen LogP contribution in [0.25, 0.3) is 0 Å². The van der Waals surface area contributed by atoms with E-state index >= 15 is 0 Å². The van der Waals surface area contributed by atoms with Gasteiger partial charge in [-0.15, -0.1) is 0 Å². The molecule has 2 nitrogen and oxygen atoms in total. The van der Waals surface area contributed by atoms with Crippen molar-refractivity contribution in [3.8, 4) is 0 Å². The van der Waals surface area contributed by atoms with Crippen molar-refractivity contribution in [2.45, 2.75) is 51.9 Å². The van der Waals surface area contributed by atoms with E-state index in [-0.39, 0.29) is 5.92 Å². The first-order valence-corrected chi connectivity index (χ1v) is 7.35. The lowest BCUT2D eigenvalue weighted by atomic mass is 9.89. The van der Waals surface area contributed by atoms with Crippen molar-refractivity contribution in [2.75, 3.05) is 0 Å². The van der Waals surface area contributed by atoms with Gasteiger partial charge in [0.05, 0.1) is 5.92 Å². The van der Waals surface area contributed by atoms with Gasteiger partial charge in [-0.3, -0.25) is 4.79 Å². The van der Waals surface area contributed by atoms with Crippen molar-refractivity contribution in [3.05, 3.63) is 35.4 Å². The molecule has 3 atom stereocenters. The van der Waals surface area contributed by atoms with Gasteiger partial charge in [-0.25, -0.2) is 0 Å². The number of carbonyl (C=O) groups is 1. The number of carboxylic acid groups (broad SMARTS) is 1. The summed E-state index contributed by atoms with van der Waals surface area (Å²) in [5.41, 5.74) is 2.73. The molecular weight excluding hydrogens is 236 g/mol. The molecule has 0 bridgehead atoms. The third-order valence-electron chi connectivity index (χ3n) is 4.39. The number of carboxylic acids is 1. The van der Waals surface area contributed by atoms with Gasteiger partial charge in [-0.2, -0.15) is 0 Å². The van der Waals surface area contributed by atoms with Gasteiger partial charge in [0.1, 0.15) is 0 Å². The first-order chi connectivity index (χ1) is 9.02. The lowest BCUT2D eigenvalue weighted by molar-refractivity contribution is -0.138. The van der Waals surface area contributed by atoms with Gasteiger partial charge in [0.15, 0.2) is 0 Å². The molecule has 0 radical (unpaired) electrons. The van der Waals surface area contributed by atoms with Crippen LogP contribution in [-0.2, 0) is 4.79 Å². The first kappa shape index (κ1) is 14.1. The number of hydrogen-bond donors (Lipinski definition) is 1. The Morgan fingerprint density at radius 2 is 1.84 bits per heavy atom. The average molecular weight is 260 g/mol. The Morgan fingerprint density at radius 1 is 1.26 bits per heavy atom. The van der Waals surface area contributed by atoms with E-state index in [0.29, 0.717) is 17.8 Å². The van der Waals surface area contributed by atoms with Crippen molar-refractivity contribution in [1.29, 1.82) is 0 Å². The quantitative estimate of drug-likeness (QED) is 0.822. The third-order valence-corrected chi connectivity index (χ3v) is 4.39. The monoisotopic (exact) mass is 260 g/mol. The summed E-state index contributed by atoms with van der Waals surface area (Å²) in [7, 11) is 0. The standard InChI is InChI=1S/C17H24O2/c1-4-12(9-15-10-16(15)17(18)19)14-7-5-13(6-8-14)11(2)3/h5-8,11-12,15-16H,4,9-10H2,1-3H3,(H,18,19). The van der Waals surface area contributed by atoms with Gasteiger partial charge < -0.3 is 5.11 Å². The van der Waals surface area contributed by atoms with Crippen LogP contribution in [0.3, 0.4) is 0 Å².